The lowest BCUT2D eigenvalue weighted by Gasteiger charge is -2.23. The number of nitrogens with one attached hydrogen (secondary N) is 2. The smallest absolute Gasteiger partial charge is 0.268 e. The molecule has 12 heteroatoms. The fourth-order valence-corrected chi connectivity index (χ4v) is 5.48. The topological polar surface area (TPSA) is 116 Å². The maximum atomic E-state index is 15.0. The van der Waals surface area contributed by atoms with E-state index < -0.39 is 45.0 Å². The van der Waals surface area contributed by atoms with Crippen molar-refractivity contribution < 1.29 is 36.2 Å². The molecule has 2 aliphatic rings. The van der Waals surface area contributed by atoms with E-state index in [0.717, 1.165) is 50.9 Å². The van der Waals surface area contributed by atoms with Crippen molar-refractivity contribution in [1.29, 1.82) is 0 Å². The summed E-state index contributed by atoms with van der Waals surface area (Å²) >= 11 is 0. The predicted octanol–water partition coefficient (Wildman–Crippen LogP) is 4.93. The zero-order valence-corrected chi connectivity index (χ0v) is 24.0. The molecule has 0 bridgehead atoms. The average molecular weight is 602 g/mol. The first-order valence-corrected chi connectivity index (χ1v) is 15.5. The lowest BCUT2D eigenvalue weighted by atomic mass is 10.1. The van der Waals surface area contributed by atoms with Crippen molar-refractivity contribution in [3.8, 4) is 17.2 Å². The Morgan fingerprint density at radius 2 is 1.71 bits per heavy atom. The summed E-state index contributed by atoms with van der Waals surface area (Å²) in [5.74, 6) is -2.99. The van der Waals surface area contributed by atoms with E-state index in [1.165, 1.54) is 24.3 Å². The van der Waals surface area contributed by atoms with Crippen LogP contribution in [0.5, 0.6) is 17.2 Å². The van der Waals surface area contributed by atoms with Crippen LogP contribution in [-0.2, 0) is 10.0 Å². The lowest BCUT2D eigenvalue weighted by Crippen LogP contribution is -2.34. The van der Waals surface area contributed by atoms with Gasteiger partial charge in [-0.05, 0) is 99.6 Å². The molecule has 1 atom stereocenters. The molecule has 1 saturated carbocycles. The van der Waals surface area contributed by atoms with E-state index in [2.05, 4.69) is 10.3 Å². The van der Waals surface area contributed by atoms with Crippen LogP contribution in [-0.4, -0.2) is 45.1 Å². The number of rotatable bonds is 12. The summed E-state index contributed by atoms with van der Waals surface area (Å²) in [4.78, 5) is 16.8. The molecule has 1 aliphatic carbocycles. The third-order valence-corrected chi connectivity index (χ3v) is 8.50. The number of amides is 1. The number of ether oxygens (including phenoxy) is 3. The number of sulfonamides is 1. The fraction of sp³-hybridized carbons (Fsp3) is 0.400. The van der Waals surface area contributed by atoms with Gasteiger partial charge in [-0.25, -0.2) is 17.5 Å². The van der Waals surface area contributed by atoms with Crippen molar-refractivity contribution in [3.63, 3.8) is 0 Å². The van der Waals surface area contributed by atoms with Crippen molar-refractivity contribution in [2.24, 2.45) is 5.92 Å². The largest absolute Gasteiger partial charge is 0.492 e. The van der Waals surface area contributed by atoms with Crippen molar-refractivity contribution in [3.05, 3.63) is 77.6 Å². The van der Waals surface area contributed by atoms with E-state index in [-0.39, 0.29) is 11.0 Å². The summed E-state index contributed by atoms with van der Waals surface area (Å²) in [6.07, 6.45) is 5.29. The molecule has 0 spiro atoms. The van der Waals surface area contributed by atoms with Gasteiger partial charge >= 0.3 is 0 Å². The van der Waals surface area contributed by atoms with Gasteiger partial charge in [0.15, 0.2) is 11.6 Å². The van der Waals surface area contributed by atoms with Gasteiger partial charge in [-0.2, -0.15) is 4.39 Å². The van der Waals surface area contributed by atoms with Crippen LogP contribution < -0.4 is 24.2 Å². The normalized spacial score (nSPS) is 16.5. The van der Waals surface area contributed by atoms with Crippen molar-refractivity contribution in [2.75, 3.05) is 19.7 Å². The van der Waals surface area contributed by atoms with Crippen LogP contribution in [0.2, 0.25) is 0 Å². The Hall–Kier alpha value is -3.77. The van der Waals surface area contributed by atoms with Crippen LogP contribution >= 0.6 is 0 Å². The molecule has 9 nitrogen and oxygen atoms in total. The second-order valence-electron chi connectivity index (χ2n) is 10.4. The van der Waals surface area contributed by atoms with Gasteiger partial charge in [0, 0.05) is 0 Å². The third kappa shape index (κ3) is 7.35. The summed E-state index contributed by atoms with van der Waals surface area (Å²) in [5.41, 5.74) is -0.284. The molecule has 5 rings (SSSR count). The monoisotopic (exact) mass is 601 g/mol. The van der Waals surface area contributed by atoms with Crippen LogP contribution in [0.3, 0.4) is 0 Å². The molecule has 3 aromatic rings. The van der Waals surface area contributed by atoms with Gasteiger partial charge < -0.3 is 19.5 Å². The number of hydrogen-bond donors (Lipinski definition) is 2. The van der Waals surface area contributed by atoms with Crippen molar-refractivity contribution >= 4 is 15.9 Å². The standard InChI is InChI=1S/C30H33F2N3O6S/c1-2-26(25-11-7-22(17-34-25)39-18-19-3-4-19)41-27-12-10-24(28(31)29(27)32)30(36)35-42(37,38)23-8-5-20(6-9-23)40-21-13-15-33-16-14-21/h5-12,17,19,21,26,33H,2-4,13-16,18H2,1H3,(H,35,36)/t26-/m1/s1. The van der Waals surface area contributed by atoms with E-state index in [4.69, 9.17) is 14.2 Å². The SMILES string of the molecule is CC[C@@H](Oc1ccc(C(=O)NS(=O)(=O)c2ccc(OC3CCNCC3)cc2)c(F)c1F)c1ccc(OCC2CC2)cn1. The van der Waals surface area contributed by atoms with E-state index in [1.54, 1.807) is 30.0 Å². The van der Waals surface area contributed by atoms with E-state index in [9.17, 15) is 22.0 Å². The molecule has 0 radical (unpaired) electrons. The van der Waals surface area contributed by atoms with Crippen LogP contribution in [0.1, 0.15) is 61.2 Å². The number of piperidine rings is 1. The van der Waals surface area contributed by atoms with Crippen LogP contribution in [0.4, 0.5) is 8.78 Å². The maximum absolute atomic E-state index is 15.0. The minimum atomic E-state index is -4.37. The van der Waals surface area contributed by atoms with Crippen LogP contribution in [0.15, 0.2) is 59.6 Å². The average Bonchev–Trinajstić information content (AvgIpc) is 3.82. The number of nitrogens with zero attached hydrogens (tertiary/aromatic N) is 1. The zero-order chi connectivity index (χ0) is 29.7. The van der Waals surface area contributed by atoms with Gasteiger partial charge in [-0.15, -0.1) is 0 Å². The molecule has 1 aromatic heterocycles. The molecule has 42 heavy (non-hydrogen) atoms. The Kier molecular flexibility index (Phi) is 9.22. The molecular formula is C30H33F2N3O6S. The van der Waals surface area contributed by atoms with Gasteiger partial charge in [-0.1, -0.05) is 6.92 Å². The first-order valence-electron chi connectivity index (χ1n) is 14.0. The Morgan fingerprint density at radius 1 is 1.00 bits per heavy atom. The molecular weight excluding hydrogens is 568 g/mol. The van der Waals surface area contributed by atoms with Crippen LogP contribution in [0, 0.1) is 17.6 Å². The highest BCUT2D eigenvalue weighted by Crippen LogP contribution is 2.31. The number of halogens is 2. The number of pyridine rings is 1. The highest BCUT2D eigenvalue weighted by molar-refractivity contribution is 7.90. The Labute approximate surface area is 243 Å². The number of carbonyl (C=O) groups is 1. The number of carbonyl (C=O) groups excluding carboxylic acids is 1. The van der Waals surface area contributed by atoms with Crippen molar-refractivity contribution in [1.82, 2.24) is 15.0 Å². The molecule has 2 fully saturated rings. The highest BCUT2D eigenvalue weighted by Gasteiger charge is 2.26. The molecule has 1 amide bonds. The first-order chi connectivity index (χ1) is 20.2. The Morgan fingerprint density at radius 3 is 2.36 bits per heavy atom. The van der Waals surface area contributed by atoms with Gasteiger partial charge in [0.05, 0.1) is 29.0 Å². The van der Waals surface area contributed by atoms with Gasteiger partial charge in [0.2, 0.25) is 5.82 Å². The fourth-order valence-electron chi connectivity index (χ4n) is 4.51. The lowest BCUT2D eigenvalue weighted by molar-refractivity contribution is 0.0976. The second-order valence-corrected chi connectivity index (χ2v) is 12.1. The molecule has 224 valence electrons. The highest BCUT2D eigenvalue weighted by atomic mass is 32.2. The molecule has 2 N–H and O–H groups in total. The van der Waals surface area contributed by atoms with E-state index in [0.29, 0.717) is 36.1 Å². The predicted molar refractivity (Wildman–Crippen MR) is 150 cm³/mol. The summed E-state index contributed by atoms with van der Waals surface area (Å²) < 4.78 is 74.6. The molecule has 2 heterocycles. The number of hydrogen-bond acceptors (Lipinski definition) is 8. The first kappa shape index (κ1) is 29.7. The van der Waals surface area contributed by atoms with Crippen LogP contribution in [0.25, 0.3) is 0 Å². The van der Waals surface area contributed by atoms with E-state index >= 15 is 0 Å². The van der Waals surface area contributed by atoms with Gasteiger partial charge in [0.25, 0.3) is 15.9 Å². The number of aromatic nitrogens is 1. The number of benzene rings is 2. The van der Waals surface area contributed by atoms with Gasteiger partial charge in [0.1, 0.15) is 23.7 Å². The molecule has 1 saturated heterocycles. The summed E-state index contributed by atoms with van der Waals surface area (Å²) in [7, 11) is -4.37. The minimum Gasteiger partial charge on any atom is -0.492 e. The van der Waals surface area contributed by atoms with E-state index in [1.807, 2.05) is 0 Å². The van der Waals surface area contributed by atoms with Crippen molar-refractivity contribution in [2.45, 2.75) is 56.1 Å². The minimum absolute atomic E-state index is 0.0267. The Bertz CT molecular complexity index is 1490. The summed E-state index contributed by atoms with van der Waals surface area (Å²) in [5, 5.41) is 3.24. The molecule has 2 aromatic carbocycles. The molecule has 0 unspecified atom stereocenters. The summed E-state index contributed by atoms with van der Waals surface area (Å²) in [6, 6.07) is 11.0. The third-order valence-electron chi connectivity index (χ3n) is 7.15. The molecule has 1 aliphatic heterocycles. The Balaban J connectivity index is 1.22. The summed E-state index contributed by atoms with van der Waals surface area (Å²) in [6.45, 7) is 4.12. The second kappa shape index (κ2) is 13.0. The zero-order valence-electron chi connectivity index (χ0n) is 23.1. The quantitative estimate of drug-likeness (QED) is 0.300. The maximum Gasteiger partial charge on any atom is 0.268 e. The van der Waals surface area contributed by atoms with Gasteiger partial charge in [-0.3, -0.25) is 9.78 Å².